The molecule has 0 unspecified atom stereocenters. The Bertz CT molecular complexity index is 1160. The van der Waals surface area contributed by atoms with Crippen molar-refractivity contribution >= 4 is 17.9 Å². The molecular weight excluding hydrogens is 461 g/mol. The Hall–Kier alpha value is -3.49. The van der Waals surface area contributed by atoms with Crippen LogP contribution in [0.3, 0.4) is 0 Å². The molecule has 0 aliphatic carbocycles. The molecule has 2 aromatic carbocycles. The van der Waals surface area contributed by atoms with Gasteiger partial charge in [0.15, 0.2) is 17.5 Å². The van der Waals surface area contributed by atoms with E-state index in [4.69, 9.17) is 9.47 Å². The molecule has 2 heterocycles. The third-order valence-corrected chi connectivity index (χ3v) is 6.97. The maximum absolute atomic E-state index is 13.9. The molecule has 0 aromatic heterocycles. The highest BCUT2D eigenvalue weighted by Crippen LogP contribution is 2.41. The molecule has 2 aromatic rings. The van der Waals surface area contributed by atoms with Gasteiger partial charge >= 0.3 is 0 Å². The van der Waals surface area contributed by atoms with E-state index in [-0.39, 0.29) is 22.8 Å². The minimum atomic E-state index is -1.56. The summed E-state index contributed by atoms with van der Waals surface area (Å²) in [5.41, 5.74) is 0.165. The summed E-state index contributed by atoms with van der Waals surface area (Å²) >= 11 is 0. The van der Waals surface area contributed by atoms with E-state index < -0.39 is 17.5 Å². The van der Waals surface area contributed by atoms with Crippen LogP contribution in [-0.2, 0) is 4.79 Å². The van der Waals surface area contributed by atoms with Gasteiger partial charge in [0.2, 0.25) is 5.91 Å². The quantitative estimate of drug-likeness (QED) is 0.466. The molecule has 2 aliphatic rings. The summed E-state index contributed by atoms with van der Waals surface area (Å²) in [4.78, 5) is 29.3. The van der Waals surface area contributed by atoms with Crippen LogP contribution >= 0.6 is 0 Å². The van der Waals surface area contributed by atoms with Crippen molar-refractivity contribution in [3.8, 4) is 11.5 Å². The van der Waals surface area contributed by atoms with Crippen LogP contribution in [0.5, 0.6) is 11.5 Å². The van der Waals surface area contributed by atoms with E-state index in [1.165, 1.54) is 20.3 Å². The van der Waals surface area contributed by atoms with Crippen molar-refractivity contribution in [3.05, 3.63) is 65.0 Å². The number of nitrogens with zero attached hydrogens (tertiary/aromatic N) is 2. The van der Waals surface area contributed by atoms with Crippen molar-refractivity contribution in [2.24, 2.45) is 5.41 Å². The van der Waals surface area contributed by atoms with Crippen LogP contribution in [0.1, 0.15) is 35.2 Å². The highest BCUT2D eigenvalue weighted by molar-refractivity contribution is 5.97. The highest BCUT2D eigenvalue weighted by atomic mass is 19.2. The third kappa shape index (κ3) is 4.99. The highest BCUT2D eigenvalue weighted by Gasteiger charge is 2.42. The van der Waals surface area contributed by atoms with Crippen molar-refractivity contribution in [1.82, 2.24) is 9.80 Å². The number of carbonyl (C=O) groups is 2. The van der Waals surface area contributed by atoms with Crippen molar-refractivity contribution in [2.45, 2.75) is 19.3 Å². The van der Waals surface area contributed by atoms with E-state index >= 15 is 0 Å². The number of likely N-dealkylation sites (tertiary alicyclic amines) is 2. The average molecular weight is 489 g/mol. The lowest BCUT2D eigenvalue weighted by Crippen LogP contribution is -2.44. The minimum Gasteiger partial charge on any atom is -0.497 e. The Balaban J connectivity index is 1.37. The lowest BCUT2D eigenvalue weighted by Gasteiger charge is -2.39. The maximum Gasteiger partial charge on any atom is 0.257 e. The molecule has 0 radical (unpaired) electrons. The zero-order valence-corrected chi connectivity index (χ0v) is 19.7. The summed E-state index contributed by atoms with van der Waals surface area (Å²) in [6.45, 7) is 2.18. The monoisotopic (exact) mass is 488 g/mol. The van der Waals surface area contributed by atoms with Gasteiger partial charge in [0.1, 0.15) is 11.5 Å². The summed E-state index contributed by atoms with van der Waals surface area (Å²) in [6.07, 6.45) is 4.64. The fourth-order valence-corrected chi connectivity index (χ4v) is 4.80. The van der Waals surface area contributed by atoms with Crippen LogP contribution in [0.4, 0.5) is 13.2 Å². The van der Waals surface area contributed by atoms with Gasteiger partial charge in [0, 0.05) is 37.8 Å². The fourth-order valence-electron chi connectivity index (χ4n) is 4.80. The predicted molar refractivity (Wildman–Crippen MR) is 124 cm³/mol. The lowest BCUT2D eigenvalue weighted by atomic mass is 9.77. The van der Waals surface area contributed by atoms with Gasteiger partial charge in [-0.25, -0.2) is 13.2 Å². The summed E-state index contributed by atoms with van der Waals surface area (Å²) < 4.78 is 51.0. The second-order valence-corrected chi connectivity index (χ2v) is 8.97. The van der Waals surface area contributed by atoms with Gasteiger partial charge in [-0.2, -0.15) is 0 Å². The van der Waals surface area contributed by atoms with Crippen molar-refractivity contribution in [2.75, 3.05) is 40.4 Å². The molecule has 2 fully saturated rings. The molecule has 0 saturated carbocycles. The number of methoxy groups -OCH3 is 2. The number of ether oxygens (including phenoxy) is 2. The van der Waals surface area contributed by atoms with E-state index in [2.05, 4.69) is 0 Å². The Morgan fingerprint density at radius 2 is 1.60 bits per heavy atom. The van der Waals surface area contributed by atoms with Crippen molar-refractivity contribution < 1.29 is 32.2 Å². The molecule has 2 saturated heterocycles. The Kier molecular flexibility index (Phi) is 7.05. The standard InChI is InChI=1S/C26H27F3N2O4/c1-34-18-5-7-21(35-2)19(15-18)25(33)30-12-9-26(10-13-30)11-14-31(16-26)22(32)8-4-17-3-6-20(27)24(29)23(17)28/h3-8,15H,9-14,16H2,1-2H3/b8-4+. The van der Waals surface area contributed by atoms with Gasteiger partial charge in [0.25, 0.3) is 5.91 Å². The van der Waals surface area contributed by atoms with Crippen LogP contribution in [0, 0.1) is 22.9 Å². The first kappa shape index (κ1) is 24.6. The molecule has 4 rings (SSSR count). The Morgan fingerprint density at radius 3 is 2.26 bits per heavy atom. The summed E-state index contributed by atoms with van der Waals surface area (Å²) in [5, 5.41) is 0. The SMILES string of the molecule is COc1ccc(OC)c(C(=O)N2CCC3(CCN(C(=O)/C=C/c4ccc(F)c(F)c4F)C3)CC2)c1. The van der Waals surface area contributed by atoms with Gasteiger partial charge in [-0.1, -0.05) is 0 Å². The van der Waals surface area contributed by atoms with Gasteiger partial charge in [-0.05, 0) is 61.1 Å². The first-order chi connectivity index (χ1) is 16.8. The van der Waals surface area contributed by atoms with Crippen LogP contribution in [0.25, 0.3) is 6.08 Å². The first-order valence-electron chi connectivity index (χ1n) is 11.4. The number of benzene rings is 2. The van der Waals surface area contributed by atoms with Crippen LogP contribution in [-0.4, -0.2) is 62.0 Å². The molecule has 2 amide bonds. The van der Waals surface area contributed by atoms with Crippen LogP contribution < -0.4 is 9.47 Å². The fraction of sp³-hybridized carbons (Fsp3) is 0.385. The van der Waals surface area contributed by atoms with Gasteiger partial charge in [-0.15, -0.1) is 0 Å². The topological polar surface area (TPSA) is 59.1 Å². The molecular formula is C26H27F3N2O4. The minimum absolute atomic E-state index is 0.0913. The van der Waals surface area contributed by atoms with Gasteiger partial charge in [0.05, 0.1) is 19.8 Å². The number of rotatable bonds is 5. The van der Waals surface area contributed by atoms with Gasteiger partial charge < -0.3 is 19.3 Å². The van der Waals surface area contributed by atoms with Crippen LogP contribution in [0.2, 0.25) is 0 Å². The maximum atomic E-state index is 13.9. The van der Waals surface area contributed by atoms with Crippen molar-refractivity contribution in [3.63, 3.8) is 0 Å². The van der Waals surface area contributed by atoms with E-state index in [9.17, 15) is 22.8 Å². The first-order valence-corrected chi connectivity index (χ1v) is 11.4. The van der Waals surface area contributed by atoms with E-state index in [1.807, 2.05) is 0 Å². The molecule has 0 atom stereocenters. The number of carbonyl (C=O) groups excluding carboxylic acids is 2. The molecule has 2 aliphatic heterocycles. The van der Waals surface area contributed by atoms with Crippen molar-refractivity contribution in [1.29, 1.82) is 0 Å². The predicted octanol–water partition coefficient (Wildman–Crippen LogP) is 4.29. The number of halogens is 3. The number of hydrogen-bond donors (Lipinski definition) is 0. The van der Waals surface area contributed by atoms with E-state index in [0.29, 0.717) is 43.2 Å². The Morgan fingerprint density at radius 1 is 0.914 bits per heavy atom. The molecule has 186 valence electrons. The molecule has 0 N–H and O–H groups in total. The smallest absolute Gasteiger partial charge is 0.257 e. The molecule has 0 bridgehead atoms. The van der Waals surface area contributed by atoms with Gasteiger partial charge in [-0.3, -0.25) is 9.59 Å². The normalized spacial score (nSPS) is 17.3. The molecule has 1 spiro atoms. The zero-order chi connectivity index (χ0) is 25.2. The summed E-state index contributed by atoms with van der Waals surface area (Å²) in [6, 6.07) is 7.03. The molecule has 6 nitrogen and oxygen atoms in total. The average Bonchev–Trinajstić information content (AvgIpc) is 3.29. The summed E-state index contributed by atoms with van der Waals surface area (Å²) in [5.74, 6) is -3.54. The lowest BCUT2D eigenvalue weighted by molar-refractivity contribution is -0.125. The largest absolute Gasteiger partial charge is 0.497 e. The third-order valence-electron chi connectivity index (χ3n) is 6.97. The second-order valence-electron chi connectivity index (χ2n) is 8.97. The van der Waals surface area contributed by atoms with E-state index in [0.717, 1.165) is 37.5 Å². The van der Waals surface area contributed by atoms with E-state index in [1.54, 1.807) is 28.0 Å². The van der Waals surface area contributed by atoms with Crippen LogP contribution in [0.15, 0.2) is 36.4 Å². The number of piperidine rings is 1. The Labute approximate surface area is 201 Å². The zero-order valence-electron chi connectivity index (χ0n) is 19.7. The molecule has 9 heteroatoms. The number of amides is 2. The second kappa shape index (κ2) is 10.0. The summed E-state index contributed by atoms with van der Waals surface area (Å²) in [7, 11) is 3.06. The number of hydrogen-bond acceptors (Lipinski definition) is 4. The molecule has 35 heavy (non-hydrogen) atoms.